The maximum Gasteiger partial charge on any atom is 0.308 e. The van der Waals surface area contributed by atoms with Crippen LogP contribution in [0.15, 0.2) is 24.3 Å². The maximum atomic E-state index is 12.5. The molecule has 9 nitrogen and oxygen atoms in total. The van der Waals surface area contributed by atoms with Crippen molar-refractivity contribution in [2.75, 3.05) is 19.8 Å². The maximum absolute atomic E-state index is 12.5. The molecule has 0 N–H and O–H groups in total. The summed E-state index contributed by atoms with van der Waals surface area (Å²) in [5.41, 5.74) is -0.766. The van der Waals surface area contributed by atoms with E-state index < -0.39 is 29.7 Å². The Morgan fingerprint density at radius 2 is 1.57 bits per heavy atom. The minimum Gasteiger partial charge on any atom is -0.463 e. The molecule has 1 fully saturated rings. The molecule has 0 radical (unpaired) electrons. The van der Waals surface area contributed by atoms with Crippen LogP contribution in [0.4, 0.5) is 0 Å². The number of para-hydroxylation sites is 1. The summed E-state index contributed by atoms with van der Waals surface area (Å²) in [7, 11) is 0. The van der Waals surface area contributed by atoms with Gasteiger partial charge in [-0.25, -0.2) is 0 Å². The van der Waals surface area contributed by atoms with E-state index in [0.29, 0.717) is 5.56 Å². The molecule has 1 aliphatic heterocycles. The fraction of sp³-hybridized carbons (Fsp3) is 0.474. The van der Waals surface area contributed by atoms with E-state index in [9.17, 15) is 19.2 Å². The molecule has 28 heavy (non-hydrogen) atoms. The highest BCUT2D eigenvalue weighted by atomic mass is 16.6. The smallest absolute Gasteiger partial charge is 0.308 e. The molecule has 0 aliphatic carbocycles. The van der Waals surface area contributed by atoms with Crippen LogP contribution in [0.5, 0.6) is 5.75 Å². The second kappa shape index (κ2) is 8.83. The highest BCUT2D eigenvalue weighted by molar-refractivity contribution is 5.76. The fourth-order valence-corrected chi connectivity index (χ4v) is 3.02. The second-order valence-electron chi connectivity index (χ2n) is 6.47. The summed E-state index contributed by atoms with van der Waals surface area (Å²) in [6.45, 7) is 4.57. The van der Waals surface area contributed by atoms with Gasteiger partial charge in [0.1, 0.15) is 24.5 Å². The van der Waals surface area contributed by atoms with Crippen LogP contribution in [0, 0.1) is 0 Å². The molecule has 0 aromatic heterocycles. The Bertz CT molecular complexity index is 757. The predicted octanol–water partition coefficient (Wildman–Crippen LogP) is 1.35. The zero-order valence-electron chi connectivity index (χ0n) is 16.2. The lowest BCUT2D eigenvalue weighted by molar-refractivity contribution is -0.159. The third kappa shape index (κ3) is 4.86. The molecular formula is C19H23NO8. The minimum atomic E-state index is -1.21. The molecule has 0 spiro atoms. The van der Waals surface area contributed by atoms with Crippen LogP contribution in [0.2, 0.25) is 0 Å². The second-order valence-corrected chi connectivity index (χ2v) is 6.47. The van der Waals surface area contributed by atoms with Crippen molar-refractivity contribution in [1.82, 2.24) is 4.90 Å². The first-order valence-corrected chi connectivity index (χ1v) is 8.62. The largest absolute Gasteiger partial charge is 0.463 e. The number of benzene rings is 1. The van der Waals surface area contributed by atoms with Crippen molar-refractivity contribution in [2.45, 2.75) is 39.5 Å². The van der Waals surface area contributed by atoms with Crippen LogP contribution in [0.25, 0.3) is 0 Å². The van der Waals surface area contributed by atoms with Crippen molar-refractivity contribution in [3.05, 3.63) is 29.8 Å². The Morgan fingerprint density at radius 1 is 1.00 bits per heavy atom. The number of ether oxygens (including phenoxy) is 4. The van der Waals surface area contributed by atoms with E-state index in [1.54, 1.807) is 24.3 Å². The zero-order chi connectivity index (χ0) is 20.9. The van der Waals surface area contributed by atoms with Gasteiger partial charge in [0.25, 0.3) is 0 Å². The molecular weight excluding hydrogens is 370 g/mol. The molecule has 1 saturated heterocycles. The monoisotopic (exact) mass is 393 g/mol. The normalized spacial score (nSPS) is 17.7. The number of carbonyl (C=O) groups excluding carboxylic acids is 4. The van der Waals surface area contributed by atoms with E-state index in [1.165, 1.54) is 32.6 Å². The van der Waals surface area contributed by atoms with Crippen molar-refractivity contribution in [2.24, 2.45) is 0 Å². The summed E-state index contributed by atoms with van der Waals surface area (Å²) in [5, 5.41) is 0. The fourth-order valence-electron chi connectivity index (χ4n) is 3.02. The standard InChI is InChI=1S/C19H23NO8/c1-12(21)20-18(16-7-5-6-8-17(16)28-15(4)24)27-11-19(20,9-25-13(2)22)10-26-14(3)23/h5-8,18H,9-11H2,1-4H3/t18-/m1/s1. The number of hydrogen-bond donors (Lipinski definition) is 0. The van der Waals surface area contributed by atoms with Gasteiger partial charge in [-0.3, -0.25) is 24.1 Å². The summed E-state index contributed by atoms with van der Waals surface area (Å²) >= 11 is 0. The topological polar surface area (TPSA) is 108 Å². The van der Waals surface area contributed by atoms with Crippen LogP contribution < -0.4 is 4.74 Å². The minimum absolute atomic E-state index is 0.0494. The van der Waals surface area contributed by atoms with Gasteiger partial charge in [-0.1, -0.05) is 18.2 Å². The van der Waals surface area contributed by atoms with Crippen LogP contribution in [-0.2, 0) is 33.4 Å². The molecule has 152 valence electrons. The quantitative estimate of drug-likeness (QED) is 0.526. The van der Waals surface area contributed by atoms with Crippen LogP contribution in [0.1, 0.15) is 39.5 Å². The zero-order valence-corrected chi connectivity index (χ0v) is 16.2. The predicted molar refractivity (Wildman–Crippen MR) is 95.0 cm³/mol. The van der Waals surface area contributed by atoms with Gasteiger partial charge >= 0.3 is 17.9 Å². The molecule has 9 heteroatoms. The van der Waals surface area contributed by atoms with Gasteiger partial charge in [0, 0.05) is 33.3 Å². The summed E-state index contributed by atoms with van der Waals surface area (Å²) in [6.07, 6.45) is -0.917. The first-order chi connectivity index (χ1) is 13.2. The number of carbonyl (C=O) groups is 4. The van der Waals surface area contributed by atoms with Gasteiger partial charge in [0.15, 0.2) is 6.23 Å². The Morgan fingerprint density at radius 3 is 2.07 bits per heavy atom. The highest BCUT2D eigenvalue weighted by Crippen LogP contribution is 2.41. The molecule has 1 heterocycles. The number of rotatable bonds is 6. The SMILES string of the molecule is CC(=O)OCC1(COC(C)=O)CO[C@H](c2ccccc2OC(C)=O)N1C(C)=O. The van der Waals surface area contributed by atoms with E-state index in [0.717, 1.165) is 0 Å². The van der Waals surface area contributed by atoms with E-state index in [4.69, 9.17) is 18.9 Å². The third-order valence-corrected chi connectivity index (χ3v) is 4.12. The van der Waals surface area contributed by atoms with Gasteiger partial charge < -0.3 is 18.9 Å². The number of hydrogen-bond acceptors (Lipinski definition) is 8. The van der Waals surface area contributed by atoms with Crippen molar-refractivity contribution in [1.29, 1.82) is 0 Å². The lowest BCUT2D eigenvalue weighted by Gasteiger charge is -2.37. The summed E-state index contributed by atoms with van der Waals surface area (Å²) in [5.74, 6) is -1.77. The number of nitrogens with zero attached hydrogens (tertiary/aromatic N) is 1. The molecule has 0 saturated carbocycles. The van der Waals surface area contributed by atoms with Gasteiger partial charge in [-0.05, 0) is 6.07 Å². The number of amides is 1. The Labute approximate surface area is 162 Å². The molecule has 1 amide bonds. The Kier molecular flexibility index (Phi) is 6.74. The van der Waals surface area contributed by atoms with Gasteiger partial charge in [0.05, 0.1) is 6.61 Å². The summed E-state index contributed by atoms with van der Waals surface area (Å²) in [4.78, 5) is 48.0. The summed E-state index contributed by atoms with van der Waals surface area (Å²) in [6, 6.07) is 6.63. The van der Waals surface area contributed by atoms with Crippen molar-refractivity contribution >= 4 is 23.8 Å². The first kappa shape index (κ1) is 21.4. The average Bonchev–Trinajstić information content (AvgIpc) is 2.98. The van der Waals surface area contributed by atoms with Gasteiger partial charge in [0.2, 0.25) is 5.91 Å². The van der Waals surface area contributed by atoms with Crippen LogP contribution >= 0.6 is 0 Å². The number of esters is 3. The summed E-state index contributed by atoms with van der Waals surface area (Å²) < 4.78 is 21.3. The van der Waals surface area contributed by atoms with E-state index in [2.05, 4.69) is 0 Å². The Balaban J connectivity index is 2.45. The lowest BCUT2D eigenvalue weighted by atomic mass is 10.00. The van der Waals surface area contributed by atoms with Crippen molar-refractivity contribution < 1.29 is 38.1 Å². The molecule has 1 aromatic rings. The van der Waals surface area contributed by atoms with Gasteiger partial charge in [-0.15, -0.1) is 0 Å². The molecule has 1 aromatic carbocycles. The molecule has 0 bridgehead atoms. The molecule has 0 unspecified atom stereocenters. The van der Waals surface area contributed by atoms with E-state index >= 15 is 0 Å². The molecule has 2 rings (SSSR count). The molecule has 1 atom stereocenters. The van der Waals surface area contributed by atoms with E-state index in [-0.39, 0.29) is 31.5 Å². The van der Waals surface area contributed by atoms with Crippen molar-refractivity contribution in [3.63, 3.8) is 0 Å². The molecule has 1 aliphatic rings. The van der Waals surface area contributed by atoms with Gasteiger partial charge in [-0.2, -0.15) is 0 Å². The average molecular weight is 393 g/mol. The van der Waals surface area contributed by atoms with Crippen molar-refractivity contribution in [3.8, 4) is 5.75 Å². The van der Waals surface area contributed by atoms with Crippen LogP contribution in [0.3, 0.4) is 0 Å². The highest BCUT2D eigenvalue weighted by Gasteiger charge is 2.52. The first-order valence-electron chi connectivity index (χ1n) is 8.62. The van der Waals surface area contributed by atoms with Crippen LogP contribution in [-0.4, -0.2) is 54.1 Å². The third-order valence-electron chi connectivity index (χ3n) is 4.12. The van der Waals surface area contributed by atoms with E-state index in [1.807, 2.05) is 0 Å². The lowest BCUT2D eigenvalue weighted by Crippen LogP contribution is -2.56. The Hall–Kier alpha value is -2.94.